The first kappa shape index (κ1) is 13.5. The molecule has 6 nitrogen and oxygen atoms in total. The summed E-state index contributed by atoms with van der Waals surface area (Å²) in [5.74, 6) is 0.700. The van der Waals surface area contributed by atoms with Crippen molar-refractivity contribution in [3.05, 3.63) is 35.2 Å². The van der Waals surface area contributed by atoms with Crippen LogP contribution in [-0.2, 0) is 0 Å². The third-order valence-electron chi connectivity index (χ3n) is 3.64. The van der Waals surface area contributed by atoms with Gasteiger partial charge in [-0.05, 0) is 37.5 Å². The number of hydrogen-bond acceptors (Lipinski definition) is 4. The molecule has 1 aliphatic rings. The third-order valence-corrected chi connectivity index (χ3v) is 3.64. The van der Waals surface area contributed by atoms with Crippen molar-refractivity contribution in [1.82, 2.24) is 10.2 Å². The molecule has 0 spiro atoms. The molecule has 6 heteroatoms. The standard InChI is InChI=1S/C15H18N4O2/c1-8-3-6-10(11(7-8)21-2)17-15(20)14-12(16)13(18-19-14)9-4-5-9/h3,6-7,9H,4-5,16H2,1-2H3,(H,17,20)(H,18,19). The average Bonchev–Trinajstić information content (AvgIpc) is 3.23. The molecule has 1 fully saturated rings. The third kappa shape index (κ3) is 2.56. The van der Waals surface area contributed by atoms with Gasteiger partial charge in [-0.1, -0.05) is 6.07 Å². The monoisotopic (exact) mass is 286 g/mol. The molecule has 0 radical (unpaired) electrons. The Balaban J connectivity index is 1.83. The number of nitrogens with one attached hydrogen (secondary N) is 2. The Morgan fingerprint density at radius 2 is 2.24 bits per heavy atom. The fraction of sp³-hybridized carbons (Fsp3) is 0.333. The number of nitrogens with two attached hydrogens (primary N) is 1. The number of hydrogen-bond donors (Lipinski definition) is 3. The van der Waals surface area contributed by atoms with Gasteiger partial charge in [0, 0.05) is 5.92 Å². The van der Waals surface area contributed by atoms with Crippen LogP contribution in [-0.4, -0.2) is 23.2 Å². The lowest BCUT2D eigenvalue weighted by atomic mass is 10.2. The summed E-state index contributed by atoms with van der Waals surface area (Å²) in [6, 6.07) is 5.57. The molecule has 1 aromatic heterocycles. The Kier molecular flexibility index (Phi) is 3.29. The summed E-state index contributed by atoms with van der Waals surface area (Å²) in [6.45, 7) is 1.96. The predicted octanol–water partition coefficient (Wildman–Crippen LogP) is 2.44. The van der Waals surface area contributed by atoms with E-state index < -0.39 is 0 Å². The number of benzene rings is 1. The average molecular weight is 286 g/mol. The topological polar surface area (TPSA) is 93.0 Å². The van der Waals surface area contributed by atoms with E-state index in [9.17, 15) is 4.79 Å². The number of amides is 1. The van der Waals surface area contributed by atoms with Crippen molar-refractivity contribution in [3.63, 3.8) is 0 Å². The van der Waals surface area contributed by atoms with Gasteiger partial charge >= 0.3 is 0 Å². The summed E-state index contributed by atoms with van der Waals surface area (Å²) in [5.41, 5.74) is 9.22. The minimum atomic E-state index is -0.335. The molecule has 21 heavy (non-hydrogen) atoms. The molecule has 0 saturated heterocycles. The number of anilines is 2. The van der Waals surface area contributed by atoms with E-state index in [1.54, 1.807) is 13.2 Å². The zero-order valence-corrected chi connectivity index (χ0v) is 12.1. The van der Waals surface area contributed by atoms with E-state index >= 15 is 0 Å². The highest BCUT2D eigenvalue weighted by molar-refractivity contribution is 6.07. The molecule has 2 aromatic rings. The minimum Gasteiger partial charge on any atom is -0.495 e. The van der Waals surface area contributed by atoms with Gasteiger partial charge in [0.2, 0.25) is 0 Å². The molecule has 1 heterocycles. The molecule has 110 valence electrons. The number of ether oxygens (including phenoxy) is 1. The summed E-state index contributed by atoms with van der Waals surface area (Å²) in [7, 11) is 1.57. The molecule has 1 saturated carbocycles. The van der Waals surface area contributed by atoms with Crippen molar-refractivity contribution >= 4 is 17.3 Å². The number of aromatic amines is 1. The molecule has 1 aliphatic carbocycles. The molecule has 0 bridgehead atoms. The molecule has 4 N–H and O–H groups in total. The first-order valence-electron chi connectivity index (χ1n) is 6.90. The van der Waals surface area contributed by atoms with Crippen LogP contribution in [0.4, 0.5) is 11.4 Å². The number of nitrogen functional groups attached to an aromatic ring is 1. The van der Waals surface area contributed by atoms with Crippen LogP contribution < -0.4 is 15.8 Å². The van der Waals surface area contributed by atoms with Gasteiger partial charge in [0.1, 0.15) is 5.75 Å². The Morgan fingerprint density at radius 3 is 2.90 bits per heavy atom. The maximum Gasteiger partial charge on any atom is 0.278 e. The Labute approximate surface area is 122 Å². The summed E-state index contributed by atoms with van der Waals surface area (Å²) < 4.78 is 5.27. The normalized spacial score (nSPS) is 14.0. The van der Waals surface area contributed by atoms with Gasteiger partial charge in [-0.25, -0.2) is 0 Å². The number of carbonyl (C=O) groups excluding carboxylic acids is 1. The minimum absolute atomic E-state index is 0.236. The van der Waals surface area contributed by atoms with Crippen LogP contribution in [0.2, 0.25) is 0 Å². The van der Waals surface area contributed by atoms with Crippen LogP contribution in [0.25, 0.3) is 0 Å². The maximum atomic E-state index is 12.3. The van der Waals surface area contributed by atoms with E-state index in [2.05, 4.69) is 15.5 Å². The second kappa shape index (κ2) is 5.12. The van der Waals surface area contributed by atoms with Crippen LogP contribution in [0.15, 0.2) is 18.2 Å². The highest BCUT2D eigenvalue weighted by Gasteiger charge is 2.30. The zero-order chi connectivity index (χ0) is 15.0. The van der Waals surface area contributed by atoms with Gasteiger partial charge in [0.15, 0.2) is 5.69 Å². The second-order valence-corrected chi connectivity index (χ2v) is 5.33. The first-order valence-corrected chi connectivity index (χ1v) is 6.90. The summed E-state index contributed by atoms with van der Waals surface area (Å²) >= 11 is 0. The van der Waals surface area contributed by atoms with E-state index in [4.69, 9.17) is 10.5 Å². The number of rotatable bonds is 4. The zero-order valence-electron chi connectivity index (χ0n) is 12.1. The lowest BCUT2D eigenvalue weighted by Crippen LogP contribution is -2.15. The van der Waals surface area contributed by atoms with Crippen molar-refractivity contribution in [1.29, 1.82) is 0 Å². The van der Waals surface area contributed by atoms with E-state index in [0.717, 1.165) is 24.1 Å². The van der Waals surface area contributed by atoms with Crippen LogP contribution in [0.3, 0.4) is 0 Å². The van der Waals surface area contributed by atoms with Gasteiger partial charge in [0.05, 0.1) is 24.2 Å². The first-order chi connectivity index (χ1) is 10.1. The van der Waals surface area contributed by atoms with Crippen LogP contribution in [0, 0.1) is 6.92 Å². The summed E-state index contributed by atoms with van der Waals surface area (Å²) in [4.78, 5) is 12.3. The van der Waals surface area contributed by atoms with Crippen LogP contribution >= 0.6 is 0 Å². The quantitative estimate of drug-likeness (QED) is 0.804. The molecular formula is C15H18N4O2. The number of nitrogens with zero attached hydrogens (tertiary/aromatic N) is 1. The number of aromatic nitrogens is 2. The van der Waals surface area contributed by atoms with Gasteiger partial charge in [-0.2, -0.15) is 5.10 Å². The van der Waals surface area contributed by atoms with E-state index in [-0.39, 0.29) is 11.6 Å². The Morgan fingerprint density at radius 1 is 1.48 bits per heavy atom. The van der Waals surface area contributed by atoms with Crippen molar-refractivity contribution < 1.29 is 9.53 Å². The maximum absolute atomic E-state index is 12.3. The van der Waals surface area contributed by atoms with Gasteiger partial charge < -0.3 is 15.8 Å². The Bertz CT molecular complexity index is 689. The van der Waals surface area contributed by atoms with Crippen LogP contribution in [0.5, 0.6) is 5.75 Å². The summed E-state index contributed by atoms with van der Waals surface area (Å²) in [5, 5.41) is 9.71. The van der Waals surface area contributed by atoms with Gasteiger partial charge in [0.25, 0.3) is 5.91 Å². The molecular weight excluding hydrogens is 268 g/mol. The number of methoxy groups -OCH3 is 1. The molecule has 1 aromatic carbocycles. The van der Waals surface area contributed by atoms with Crippen molar-refractivity contribution in [3.8, 4) is 5.75 Å². The highest BCUT2D eigenvalue weighted by atomic mass is 16.5. The van der Waals surface area contributed by atoms with Gasteiger partial charge in [-0.15, -0.1) is 0 Å². The number of H-pyrrole nitrogens is 1. The Hall–Kier alpha value is -2.50. The largest absolute Gasteiger partial charge is 0.495 e. The van der Waals surface area contributed by atoms with Crippen LogP contribution in [0.1, 0.15) is 40.5 Å². The van der Waals surface area contributed by atoms with E-state index in [1.165, 1.54) is 0 Å². The lowest BCUT2D eigenvalue weighted by molar-refractivity contribution is 0.102. The van der Waals surface area contributed by atoms with Crippen molar-refractivity contribution in [2.75, 3.05) is 18.2 Å². The fourth-order valence-electron chi connectivity index (χ4n) is 2.30. The molecule has 0 atom stereocenters. The molecule has 0 aliphatic heterocycles. The van der Waals surface area contributed by atoms with E-state index in [0.29, 0.717) is 23.0 Å². The molecule has 1 amide bonds. The lowest BCUT2D eigenvalue weighted by Gasteiger charge is -2.10. The SMILES string of the molecule is COc1cc(C)ccc1NC(=O)c1n[nH]c(C2CC2)c1N. The smallest absolute Gasteiger partial charge is 0.278 e. The number of carbonyl (C=O) groups is 1. The van der Waals surface area contributed by atoms with E-state index in [1.807, 2.05) is 19.1 Å². The van der Waals surface area contributed by atoms with Crippen molar-refractivity contribution in [2.45, 2.75) is 25.7 Å². The summed E-state index contributed by atoms with van der Waals surface area (Å²) in [6.07, 6.45) is 2.19. The van der Waals surface area contributed by atoms with Gasteiger partial charge in [-0.3, -0.25) is 9.89 Å². The molecule has 0 unspecified atom stereocenters. The van der Waals surface area contributed by atoms with Crippen molar-refractivity contribution in [2.24, 2.45) is 0 Å². The molecule has 3 rings (SSSR count). The second-order valence-electron chi connectivity index (χ2n) is 5.33. The number of aryl methyl sites for hydroxylation is 1. The highest BCUT2D eigenvalue weighted by Crippen LogP contribution is 2.42. The fourth-order valence-corrected chi connectivity index (χ4v) is 2.30. The predicted molar refractivity (Wildman–Crippen MR) is 80.7 cm³/mol.